The van der Waals surface area contributed by atoms with Crippen molar-refractivity contribution in [3.63, 3.8) is 0 Å². The van der Waals surface area contributed by atoms with Gasteiger partial charge in [0.2, 0.25) is 5.95 Å². The van der Waals surface area contributed by atoms with Crippen LogP contribution < -0.4 is 15.4 Å². The van der Waals surface area contributed by atoms with Gasteiger partial charge in [-0.15, -0.1) is 0 Å². The summed E-state index contributed by atoms with van der Waals surface area (Å²) < 4.78 is 5.27. The minimum Gasteiger partial charge on any atom is -0.497 e. The van der Waals surface area contributed by atoms with E-state index in [2.05, 4.69) is 25.6 Å². The first-order valence-corrected chi connectivity index (χ1v) is 9.20. The summed E-state index contributed by atoms with van der Waals surface area (Å²) in [6, 6.07) is 14.8. The Kier molecular flexibility index (Phi) is 5.38. The molecule has 2 heterocycles. The Labute approximate surface area is 172 Å². The van der Waals surface area contributed by atoms with Crippen LogP contribution in [0.2, 0.25) is 0 Å². The van der Waals surface area contributed by atoms with Crippen LogP contribution in [0.1, 0.15) is 5.56 Å². The number of aromatic nitrogens is 3. The van der Waals surface area contributed by atoms with E-state index in [9.17, 15) is 9.90 Å². The zero-order valence-electron chi connectivity index (χ0n) is 16.2. The molecule has 0 bridgehead atoms. The van der Waals surface area contributed by atoms with Crippen LogP contribution in [0.5, 0.6) is 5.75 Å². The molecular weight excluding hydrogens is 382 g/mol. The van der Waals surface area contributed by atoms with Crippen molar-refractivity contribution in [2.45, 2.75) is 6.54 Å². The maximum Gasteiger partial charge on any atom is 0.409 e. The zero-order chi connectivity index (χ0) is 20.9. The second-order valence-corrected chi connectivity index (χ2v) is 6.52. The van der Waals surface area contributed by atoms with Crippen molar-refractivity contribution in [3.8, 4) is 17.0 Å². The number of hydrogen-bond donors (Lipinski definition) is 3. The van der Waals surface area contributed by atoms with E-state index >= 15 is 0 Å². The molecule has 3 N–H and O–H groups in total. The Bertz CT molecular complexity index is 1200. The Morgan fingerprint density at radius 3 is 2.80 bits per heavy atom. The number of nitrogens with one attached hydrogen (secondary N) is 2. The lowest BCUT2D eigenvalue weighted by Crippen LogP contribution is -2.08. The van der Waals surface area contributed by atoms with E-state index in [0.29, 0.717) is 29.6 Å². The molecule has 4 aromatic rings. The van der Waals surface area contributed by atoms with Gasteiger partial charge in [0.25, 0.3) is 0 Å². The van der Waals surface area contributed by atoms with Crippen molar-refractivity contribution < 1.29 is 14.6 Å². The third kappa shape index (κ3) is 4.27. The number of rotatable bonds is 6. The Balaban J connectivity index is 1.69. The summed E-state index contributed by atoms with van der Waals surface area (Å²) in [6.07, 6.45) is 4.02. The number of anilines is 2. The van der Waals surface area contributed by atoms with Gasteiger partial charge in [-0.3, -0.25) is 10.3 Å². The smallest absolute Gasteiger partial charge is 0.409 e. The van der Waals surface area contributed by atoms with Crippen LogP contribution in [0.15, 0.2) is 67.1 Å². The molecule has 0 radical (unpaired) electrons. The predicted octanol–water partition coefficient (Wildman–Crippen LogP) is 4.40. The van der Waals surface area contributed by atoms with Crippen molar-refractivity contribution in [1.29, 1.82) is 0 Å². The van der Waals surface area contributed by atoms with Gasteiger partial charge in [0, 0.05) is 36.1 Å². The van der Waals surface area contributed by atoms with Crippen LogP contribution in [0.3, 0.4) is 0 Å². The number of nitrogens with zero attached hydrogens (tertiary/aromatic N) is 3. The van der Waals surface area contributed by atoms with E-state index in [0.717, 1.165) is 21.9 Å². The molecule has 1 amide bonds. The first-order valence-electron chi connectivity index (χ1n) is 9.20. The van der Waals surface area contributed by atoms with Crippen LogP contribution in [0.4, 0.5) is 16.4 Å². The highest BCUT2D eigenvalue weighted by molar-refractivity contribution is 6.02. The minimum atomic E-state index is -1.14. The normalized spacial score (nSPS) is 10.6. The zero-order valence-corrected chi connectivity index (χ0v) is 16.2. The summed E-state index contributed by atoms with van der Waals surface area (Å²) in [5.74, 6) is 1.12. The lowest BCUT2D eigenvalue weighted by atomic mass is 10.0. The number of amides is 1. The molecule has 2 aromatic heterocycles. The van der Waals surface area contributed by atoms with Crippen LogP contribution >= 0.6 is 0 Å². The maximum absolute atomic E-state index is 11.3. The van der Waals surface area contributed by atoms with Gasteiger partial charge in [0.05, 0.1) is 18.5 Å². The second-order valence-electron chi connectivity index (χ2n) is 6.52. The number of fused-ring (bicyclic) bond motifs is 1. The molecule has 150 valence electrons. The lowest BCUT2D eigenvalue weighted by molar-refractivity contribution is 0.210. The molecule has 8 nitrogen and oxygen atoms in total. The van der Waals surface area contributed by atoms with Gasteiger partial charge in [-0.05, 0) is 47.3 Å². The first kappa shape index (κ1) is 19.1. The van der Waals surface area contributed by atoms with Crippen LogP contribution in [0.25, 0.3) is 22.0 Å². The van der Waals surface area contributed by atoms with Crippen molar-refractivity contribution in [1.82, 2.24) is 15.0 Å². The number of methoxy groups -OCH3 is 1. The fourth-order valence-corrected chi connectivity index (χ4v) is 3.12. The molecule has 0 aliphatic carbocycles. The van der Waals surface area contributed by atoms with Gasteiger partial charge in [-0.25, -0.2) is 14.8 Å². The summed E-state index contributed by atoms with van der Waals surface area (Å²) in [5, 5.41) is 16.5. The number of ether oxygens (including phenoxy) is 1. The molecule has 0 atom stereocenters. The highest BCUT2D eigenvalue weighted by Gasteiger charge is 2.11. The highest BCUT2D eigenvalue weighted by Crippen LogP contribution is 2.33. The van der Waals surface area contributed by atoms with Gasteiger partial charge < -0.3 is 15.2 Å². The number of carbonyl (C=O) groups is 1. The molecule has 30 heavy (non-hydrogen) atoms. The van der Waals surface area contributed by atoms with Crippen LogP contribution in [-0.4, -0.2) is 33.3 Å². The van der Waals surface area contributed by atoms with E-state index in [1.54, 1.807) is 43.9 Å². The quantitative estimate of drug-likeness (QED) is 0.439. The monoisotopic (exact) mass is 401 g/mol. The van der Waals surface area contributed by atoms with Gasteiger partial charge in [-0.2, -0.15) is 0 Å². The lowest BCUT2D eigenvalue weighted by Gasteiger charge is -2.12. The molecular formula is C22H19N5O3. The van der Waals surface area contributed by atoms with Crippen molar-refractivity contribution in [2.75, 3.05) is 17.7 Å². The second kappa shape index (κ2) is 8.44. The number of pyridine rings is 1. The number of carboxylic acid groups (broad SMARTS) is 1. The molecule has 0 fully saturated rings. The Morgan fingerprint density at radius 1 is 1.13 bits per heavy atom. The van der Waals surface area contributed by atoms with E-state index in [4.69, 9.17) is 4.74 Å². The van der Waals surface area contributed by atoms with Gasteiger partial charge in [0.1, 0.15) is 5.75 Å². The molecule has 0 unspecified atom stereocenters. The summed E-state index contributed by atoms with van der Waals surface area (Å²) in [6.45, 7) is 0.542. The SMILES string of the molecule is COc1ccc2cc(-c3ccnc(NCc4cccnc4)n3)cc(NC(=O)O)c2c1. The highest BCUT2D eigenvalue weighted by atomic mass is 16.5. The summed E-state index contributed by atoms with van der Waals surface area (Å²) in [7, 11) is 1.57. The average molecular weight is 401 g/mol. The Hall–Kier alpha value is -4.20. The van der Waals surface area contributed by atoms with Crippen molar-refractivity contribution in [3.05, 3.63) is 72.7 Å². The fourth-order valence-electron chi connectivity index (χ4n) is 3.12. The maximum atomic E-state index is 11.3. The molecule has 0 saturated heterocycles. The summed E-state index contributed by atoms with van der Waals surface area (Å²) in [4.78, 5) is 24.2. The van der Waals surface area contributed by atoms with Gasteiger partial charge in [0.15, 0.2) is 0 Å². The topological polar surface area (TPSA) is 109 Å². The van der Waals surface area contributed by atoms with Gasteiger partial charge in [-0.1, -0.05) is 12.1 Å². The number of benzene rings is 2. The third-order valence-corrected chi connectivity index (χ3v) is 4.53. The Morgan fingerprint density at radius 2 is 2.03 bits per heavy atom. The van der Waals surface area contributed by atoms with E-state index < -0.39 is 6.09 Å². The molecule has 2 aromatic carbocycles. The molecule has 8 heteroatoms. The molecule has 0 aliphatic heterocycles. The standard InChI is InChI=1S/C22H19N5O3/c1-30-17-5-4-15-9-16(10-20(18(15)11-17)27-22(28)29)19-6-8-24-21(26-19)25-13-14-3-2-7-23-12-14/h2-12,27H,13H2,1H3,(H,28,29)(H,24,25,26). The summed E-state index contributed by atoms with van der Waals surface area (Å²) >= 11 is 0. The molecule has 4 rings (SSSR count). The van der Waals surface area contributed by atoms with E-state index in [-0.39, 0.29) is 0 Å². The van der Waals surface area contributed by atoms with Crippen molar-refractivity contribution in [2.24, 2.45) is 0 Å². The molecule has 0 aliphatic rings. The minimum absolute atomic E-state index is 0.456. The van der Waals surface area contributed by atoms with E-state index in [1.807, 2.05) is 30.3 Å². The van der Waals surface area contributed by atoms with Crippen LogP contribution in [0, 0.1) is 0 Å². The van der Waals surface area contributed by atoms with Crippen molar-refractivity contribution >= 4 is 28.5 Å². The van der Waals surface area contributed by atoms with Crippen LogP contribution in [-0.2, 0) is 6.54 Å². The third-order valence-electron chi connectivity index (χ3n) is 4.53. The molecule has 0 spiro atoms. The fraction of sp³-hybridized carbons (Fsp3) is 0.0909. The average Bonchev–Trinajstić information content (AvgIpc) is 2.78. The predicted molar refractivity (Wildman–Crippen MR) is 115 cm³/mol. The molecule has 0 saturated carbocycles. The van der Waals surface area contributed by atoms with E-state index in [1.165, 1.54) is 0 Å². The largest absolute Gasteiger partial charge is 0.497 e. The summed E-state index contributed by atoms with van der Waals surface area (Å²) in [5.41, 5.74) is 2.91. The first-order chi connectivity index (χ1) is 14.6. The number of hydrogen-bond acceptors (Lipinski definition) is 6. The van der Waals surface area contributed by atoms with Gasteiger partial charge >= 0.3 is 6.09 Å².